The van der Waals surface area contributed by atoms with Crippen LogP contribution >= 0.6 is 0 Å². The highest BCUT2D eigenvalue weighted by Crippen LogP contribution is 2.38. The van der Waals surface area contributed by atoms with Crippen LogP contribution in [0.3, 0.4) is 0 Å². The van der Waals surface area contributed by atoms with Crippen molar-refractivity contribution in [2.45, 2.75) is 0 Å². The summed E-state index contributed by atoms with van der Waals surface area (Å²) in [6.45, 7) is 6.61. The SMILES string of the molecule is O=C(O)c1cc(N2[C]N(c3ccc(N(c4ccccc4)c4ccccc4)cc3)C=C2)nc(N2[C]N(c3ccc(N(c4ccccc4)c4ccccc4)cc3)C=C2)c1. The minimum absolute atomic E-state index is 0.0924. The van der Waals surface area contributed by atoms with E-state index in [1.807, 2.05) is 119 Å². The predicted molar refractivity (Wildman–Crippen MR) is 228 cm³/mol. The van der Waals surface area contributed by atoms with Crippen LogP contribution in [0.4, 0.5) is 57.1 Å². The van der Waals surface area contributed by atoms with Crippen molar-refractivity contribution in [1.82, 2.24) is 4.98 Å². The number of benzene rings is 6. The van der Waals surface area contributed by atoms with Crippen LogP contribution in [0.1, 0.15) is 10.4 Å². The van der Waals surface area contributed by atoms with Gasteiger partial charge in [0.2, 0.25) is 13.3 Å². The second-order valence-electron chi connectivity index (χ2n) is 13.2. The Labute approximate surface area is 332 Å². The Morgan fingerprint density at radius 2 is 0.719 bits per heavy atom. The lowest BCUT2D eigenvalue weighted by Crippen LogP contribution is -2.22. The van der Waals surface area contributed by atoms with Gasteiger partial charge in [0.15, 0.2) is 0 Å². The van der Waals surface area contributed by atoms with Crippen molar-refractivity contribution >= 4 is 63.1 Å². The third-order valence-electron chi connectivity index (χ3n) is 9.53. The van der Waals surface area contributed by atoms with Gasteiger partial charge < -0.3 is 24.7 Å². The Morgan fingerprint density at radius 1 is 0.421 bits per heavy atom. The third-order valence-corrected chi connectivity index (χ3v) is 9.53. The Morgan fingerprint density at radius 3 is 1.04 bits per heavy atom. The molecular weight excluding hydrogens is 707 g/mol. The summed E-state index contributed by atoms with van der Waals surface area (Å²) in [6.07, 6.45) is 7.35. The molecule has 9 rings (SSSR count). The van der Waals surface area contributed by atoms with E-state index in [1.165, 1.54) is 12.1 Å². The van der Waals surface area contributed by atoms with Gasteiger partial charge in [0.05, 0.1) is 5.56 Å². The van der Waals surface area contributed by atoms with E-state index in [0.717, 1.165) is 45.5 Å². The molecule has 0 spiro atoms. The van der Waals surface area contributed by atoms with Crippen molar-refractivity contribution in [1.29, 1.82) is 0 Å². The summed E-state index contributed by atoms with van der Waals surface area (Å²) in [6, 6.07) is 60.5. The molecule has 57 heavy (non-hydrogen) atoms. The molecule has 1 aromatic heterocycles. The van der Waals surface area contributed by atoms with Crippen molar-refractivity contribution in [2.75, 3.05) is 29.4 Å². The summed E-state index contributed by atoms with van der Waals surface area (Å²) in [7, 11) is 0. The number of carboxylic acids is 1. The van der Waals surface area contributed by atoms with Crippen LogP contribution in [-0.2, 0) is 0 Å². The van der Waals surface area contributed by atoms with Gasteiger partial charge in [-0.05, 0) is 109 Å². The van der Waals surface area contributed by atoms with Gasteiger partial charge in [0.1, 0.15) is 11.6 Å². The van der Waals surface area contributed by atoms with Gasteiger partial charge in [0.25, 0.3) is 0 Å². The van der Waals surface area contributed by atoms with Gasteiger partial charge >= 0.3 is 5.97 Å². The lowest BCUT2D eigenvalue weighted by Gasteiger charge is -2.26. The first-order chi connectivity index (χ1) is 28.1. The largest absolute Gasteiger partial charge is 0.478 e. The van der Waals surface area contributed by atoms with Gasteiger partial charge in [-0.1, -0.05) is 72.8 Å². The fourth-order valence-corrected chi connectivity index (χ4v) is 6.77. The van der Waals surface area contributed by atoms with E-state index in [9.17, 15) is 9.90 Å². The summed E-state index contributed by atoms with van der Waals surface area (Å²) < 4.78 is 0. The standard InChI is InChI=1S/C48H35N7O2/c56-48(57)37-33-46(52-31-29-50(35-52)38-21-25-44(26-22-38)54(40-13-5-1-6-14-40)41-15-7-2-8-16-41)49-47(34-37)53-32-30-51(36-53)39-23-27-45(28-24-39)55(42-17-9-3-10-18-42)43-19-11-4-12-20-43/h1-34H,(H,56,57). The first kappa shape index (κ1) is 35.0. The van der Waals surface area contributed by atoms with E-state index in [1.54, 1.807) is 22.2 Å². The van der Waals surface area contributed by atoms with Gasteiger partial charge in [-0.3, -0.25) is 9.80 Å². The number of para-hydroxylation sites is 4. The number of hydrogen-bond donors (Lipinski definition) is 1. The quantitative estimate of drug-likeness (QED) is 0.139. The Balaban J connectivity index is 0.906. The molecule has 4 radical (unpaired) electrons. The number of pyridine rings is 1. The van der Waals surface area contributed by atoms with Crippen LogP contribution in [0.2, 0.25) is 0 Å². The molecule has 9 heteroatoms. The molecule has 2 aliphatic rings. The Bertz CT molecular complexity index is 2270. The first-order valence-electron chi connectivity index (χ1n) is 18.4. The molecule has 274 valence electrons. The number of carboxylic acid groups (broad SMARTS) is 1. The van der Waals surface area contributed by atoms with Crippen molar-refractivity contribution in [3.8, 4) is 0 Å². The molecule has 9 nitrogen and oxygen atoms in total. The van der Waals surface area contributed by atoms with Crippen LogP contribution in [0.15, 0.2) is 207 Å². The molecule has 0 bridgehead atoms. The maximum atomic E-state index is 12.3. The highest BCUT2D eigenvalue weighted by Gasteiger charge is 2.25. The summed E-state index contributed by atoms with van der Waals surface area (Å²) in [4.78, 5) is 28.6. The van der Waals surface area contributed by atoms with Crippen molar-refractivity contribution in [3.05, 3.63) is 226 Å². The zero-order valence-electron chi connectivity index (χ0n) is 30.6. The zero-order chi connectivity index (χ0) is 38.6. The number of nitrogens with zero attached hydrogens (tertiary/aromatic N) is 7. The highest BCUT2D eigenvalue weighted by molar-refractivity contribution is 5.90. The maximum Gasteiger partial charge on any atom is 0.335 e. The first-order valence-corrected chi connectivity index (χ1v) is 18.4. The molecule has 0 saturated heterocycles. The minimum atomic E-state index is -1.06. The second-order valence-corrected chi connectivity index (χ2v) is 13.2. The topological polar surface area (TPSA) is 69.6 Å². The number of carbonyl (C=O) groups is 1. The lowest BCUT2D eigenvalue weighted by molar-refractivity contribution is 0.0697. The van der Waals surface area contributed by atoms with Crippen LogP contribution < -0.4 is 29.4 Å². The molecule has 3 heterocycles. The number of aromatic carboxylic acids is 1. The van der Waals surface area contributed by atoms with E-state index >= 15 is 0 Å². The summed E-state index contributed by atoms with van der Waals surface area (Å²) >= 11 is 0. The minimum Gasteiger partial charge on any atom is -0.478 e. The highest BCUT2D eigenvalue weighted by atomic mass is 16.4. The molecule has 7 aromatic rings. The summed E-state index contributed by atoms with van der Waals surface area (Å²) in [5, 5.41) is 10.1. The number of anilines is 10. The van der Waals surface area contributed by atoms with Crippen LogP contribution in [-0.4, -0.2) is 16.1 Å². The average molecular weight is 742 g/mol. The summed E-state index contributed by atoms with van der Waals surface area (Å²) in [5.41, 5.74) is 8.10. The molecule has 2 aliphatic heterocycles. The van der Waals surface area contributed by atoms with Crippen LogP contribution in [0, 0.1) is 13.3 Å². The summed E-state index contributed by atoms with van der Waals surface area (Å²) in [5.74, 6) is -0.257. The van der Waals surface area contributed by atoms with E-state index < -0.39 is 5.97 Å². The fourth-order valence-electron chi connectivity index (χ4n) is 6.77. The smallest absolute Gasteiger partial charge is 0.335 e. The number of hydrogen-bond acceptors (Lipinski definition) is 8. The molecule has 0 fully saturated rings. The van der Waals surface area contributed by atoms with E-state index in [4.69, 9.17) is 4.98 Å². The molecule has 0 unspecified atom stereocenters. The number of rotatable bonds is 11. The normalized spacial score (nSPS) is 13.3. The van der Waals surface area contributed by atoms with Crippen molar-refractivity contribution in [3.63, 3.8) is 0 Å². The third kappa shape index (κ3) is 7.37. The molecule has 0 atom stereocenters. The van der Waals surface area contributed by atoms with Gasteiger partial charge in [-0.15, -0.1) is 0 Å². The molecule has 6 aromatic carbocycles. The van der Waals surface area contributed by atoms with Gasteiger partial charge in [-0.2, -0.15) is 0 Å². The van der Waals surface area contributed by atoms with E-state index in [-0.39, 0.29) is 5.56 Å². The monoisotopic (exact) mass is 741 g/mol. The Kier molecular flexibility index (Phi) is 9.52. The maximum absolute atomic E-state index is 12.3. The van der Waals surface area contributed by atoms with Crippen LogP contribution in [0.25, 0.3) is 0 Å². The van der Waals surface area contributed by atoms with Crippen molar-refractivity contribution in [2.24, 2.45) is 0 Å². The average Bonchev–Trinajstić information content (AvgIpc) is 3.98. The molecular formula is C48H35N7O2. The second kappa shape index (κ2) is 15.5. The molecule has 0 aliphatic carbocycles. The van der Waals surface area contributed by atoms with Gasteiger partial charge in [-0.25, -0.2) is 9.78 Å². The Hall–Kier alpha value is -7.78. The van der Waals surface area contributed by atoms with E-state index in [2.05, 4.69) is 95.9 Å². The van der Waals surface area contributed by atoms with E-state index in [0.29, 0.717) is 11.6 Å². The molecule has 0 saturated carbocycles. The number of aromatic nitrogens is 1. The molecule has 0 amide bonds. The lowest BCUT2D eigenvalue weighted by atomic mass is 10.2. The van der Waals surface area contributed by atoms with Crippen molar-refractivity contribution < 1.29 is 9.90 Å². The zero-order valence-corrected chi connectivity index (χ0v) is 30.6. The fraction of sp³-hybridized carbons (Fsp3) is 0. The van der Waals surface area contributed by atoms with Gasteiger partial charge in [0, 0.05) is 70.3 Å². The molecule has 1 N–H and O–H groups in total. The van der Waals surface area contributed by atoms with Crippen LogP contribution in [0.5, 0.6) is 0 Å². The predicted octanol–water partition coefficient (Wildman–Crippen LogP) is 11.3.